The van der Waals surface area contributed by atoms with Crippen LogP contribution in [0.15, 0.2) is 54.7 Å². The van der Waals surface area contributed by atoms with Crippen molar-refractivity contribution in [2.45, 2.75) is 26.0 Å². The van der Waals surface area contributed by atoms with Crippen molar-refractivity contribution in [1.82, 2.24) is 9.88 Å². The zero-order valence-corrected chi connectivity index (χ0v) is 13.3. The molecule has 0 amide bonds. The summed E-state index contributed by atoms with van der Waals surface area (Å²) < 4.78 is 0. The van der Waals surface area contributed by atoms with Gasteiger partial charge in [0.2, 0.25) is 0 Å². The molecule has 3 rings (SSSR count). The molecule has 0 spiro atoms. The van der Waals surface area contributed by atoms with Crippen LogP contribution < -0.4 is 0 Å². The first-order chi connectivity index (χ1) is 10.6. The molecule has 2 aromatic rings. The van der Waals surface area contributed by atoms with E-state index >= 15 is 0 Å². The summed E-state index contributed by atoms with van der Waals surface area (Å²) in [7, 11) is 0. The van der Waals surface area contributed by atoms with E-state index in [0.29, 0.717) is 0 Å². The largest absolute Gasteiger partial charge is 0.383 e. The lowest BCUT2D eigenvalue weighted by molar-refractivity contribution is -0.117. The quantitative estimate of drug-likeness (QED) is 0.945. The lowest BCUT2D eigenvalue weighted by Crippen LogP contribution is -2.54. The predicted octanol–water partition coefficient (Wildman–Crippen LogP) is 3.06. The lowest BCUT2D eigenvalue weighted by atomic mass is 9.72. The first-order valence-corrected chi connectivity index (χ1v) is 8.01. The molecule has 0 saturated carbocycles. The molecule has 22 heavy (non-hydrogen) atoms. The van der Waals surface area contributed by atoms with Gasteiger partial charge in [0.25, 0.3) is 0 Å². The third-order valence-corrected chi connectivity index (χ3v) is 4.89. The Kier molecular flexibility index (Phi) is 4.27. The van der Waals surface area contributed by atoms with Crippen LogP contribution in [-0.2, 0) is 12.1 Å². The predicted molar refractivity (Wildman–Crippen MR) is 88.2 cm³/mol. The van der Waals surface area contributed by atoms with E-state index < -0.39 is 5.60 Å². The summed E-state index contributed by atoms with van der Waals surface area (Å²) in [5, 5.41) is 11.3. The molecule has 116 valence electrons. The number of rotatable bonds is 3. The second-order valence-electron chi connectivity index (χ2n) is 6.52. The summed E-state index contributed by atoms with van der Waals surface area (Å²) in [6.45, 7) is 6.96. The Morgan fingerprint density at radius 2 is 1.68 bits per heavy atom. The van der Waals surface area contributed by atoms with Crippen molar-refractivity contribution in [1.29, 1.82) is 0 Å². The van der Waals surface area contributed by atoms with Crippen LogP contribution >= 0.6 is 0 Å². The van der Waals surface area contributed by atoms with Gasteiger partial charge in [0.1, 0.15) is 5.60 Å². The molecule has 0 radical (unpaired) electrons. The third kappa shape index (κ3) is 2.79. The minimum atomic E-state index is -0.839. The van der Waals surface area contributed by atoms with Crippen molar-refractivity contribution in [3.8, 4) is 0 Å². The van der Waals surface area contributed by atoms with Crippen LogP contribution in [0.25, 0.3) is 0 Å². The number of piperidine rings is 1. The zero-order chi connectivity index (χ0) is 15.6. The molecule has 1 aromatic heterocycles. The van der Waals surface area contributed by atoms with E-state index in [1.54, 1.807) is 6.20 Å². The highest BCUT2D eigenvalue weighted by atomic mass is 16.3. The average Bonchev–Trinajstić information content (AvgIpc) is 2.54. The zero-order valence-electron chi connectivity index (χ0n) is 13.3. The molecule has 2 atom stereocenters. The fourth-order valence-corrected chi connectivity index (χ4v) is 3.69. The number of likely N-dealkylation sites (tertiary alicyclic amines) is 1. The summed E-state index contributed by atoms with van der Waals surface area (Å²) >= 11 is 0. The smallest absolute Gasteiger partial charge is 0.114 e. The first kappa shape index (κ1) is 15.2. The molecule has 0 aliphatic carbocycles. The van der Waals surface area contributed by atoms with Gasteiger partial charge in [-0.05, 0) is 17.7 Å². The minimum Gasteiger partial charge on any atom is -0.383 e. The number of aromatic nitrogens is 1. The Morgan fingerprint density at radius 3 is 2.27 bits per heavy atom. The Bertz CT molecular complexity index is 587. The number of nitrogens with zero attached hydrogens (tertiary/aromatic N) is 2. The van der Waals surface area contributed by atoms with Gasteiger partial charge in [-0.1, -0.05) is 50.2 Å². The fourth-order valence-electron chi connectivity index (χ4n) is 3.69. The maximum absolute atomic E-state index is 11.3. The molecule has 3 heteroatoms. The van der Waals surface area contributed by atoms with Gasteiger partial charge in [-0.3, -0.25) is 9.88 Å². The van der Waals surface area contributed by atoms with E-state index in [4.69, 9.17) is 0 Å². The normalized spacial score (nSPS) is 29.4. The van der Waals surface area contributed by atoms with Gasteiger partial charge >= 0.3 is 0 Å². The van der Waals surface area contributed by atoms with E-state index in [9.17, 15) is 5.11 Å². The van der Waals surface area contributed by atoms with Crippen molar-refractivity contribution >= 4 is 0 Å². The molecule has 1 aromatic carbocycles. The monoisotopic (exact) mass is 296 g/mol. The Hall–Kier alpha value is -1.71. The Morgan fingerprint density at radius 1 is 1.05 bits per heavy atom. The van der Waals surface area contributed by atoms with Gasteiger partial charge in [-0.25, -0.2) is 0 Å². The maximum Gasteiger partial charge on any atom is 0.114 e. The topological polar surface area (TPSA) is 36.4 Å². The molecule has 1 saturated heterocycles. The maximum atomic E-state index is 11.3. The van der Waals surface area contributed by atoms with Crippen LogP contribution in [0.1, 0.15) is 25.1 Å². The average molecular weight is 296 g/mol. The highest BCUT2D eigenvalue weighted by Crippen LogP contribution is 2.40. The van der Waals surface area contributed by atoms with Gasteiger partial charge < -0.3 is 5.11 Å². The number of benzene rings is 1. The van der Waals surface area contributed by atoms with E-state index in [2.05, 4.69) is 48.0 Å². The van der Waals surface area contributed by atoms with Crippen LogP contribution in [0.3, 0.4) is 0 Å². The Labute approximate surface area is 132 Å². The van der Waals surface area contributed by atoms with E-state index in [1.807, 2.05) is 24.3 Å². The van der Waals surface area contributed by atoms with Crippen molar-refractivity contribution in [2.75, 3.05) is 13.1 Å². The van der Waals surface area contributed by atoms with Crippen LogP contribution in [0.4, 0.5) is 0 Å². The molecule has 2 heterocycles. The molecule has 1 fully saturated rings. The van der Waals surface area contributed by atoms with Crippen LogP contribution in [0.5, 0.6) is 0 Å². The van der Waals surface area contributed by atoms with Gasteiger partial charge in [-0.15, -0.1) is 0 Å². The summed E-state index contributed by atoms with van der Waals surface area (Å²) in [5.41, 5.74) is 1.29. The lowest BCUT2D eigenvalue weighted by Gasteiger charge is -2.47. The second-order valence-corrected chi connectivity index (χ2v) is 6.52. The highest BCUT2D eigenvalue weighted by Gasteiger charge is 2.46. The van der Waals surface area contributed by atoms with Gasteiger partial charge in [0, 0.05) is 37.7 Å². The molecule has 2 unspecified atom stereocenters. The van der Waals surface area contributed by atoms with Crippen molar-refractivity contribution in [2.24, 2.45) is 11.8 Å². The SMILES string of the molecule is CC1CN(Cc2ccccc2)CC(C)C1(O)c1ccccn1. The third-order valence-electron chi connectivity index (χ3n) is 4.89. The standard InChI is InChI=1S/C19H24N2O/c1-15-12-21(14-17-8-4-3-5-9-17)13-16(2)19(15,22)18-10-6-7-11-20-18/h3-11,15-16,22H,12-14H2,1-2H3. The summed E-state index contributed by atoms with van der Waals surface area (Å²) in [6, 6.07) is 16.3. The molecule has 0 bridgehead atoms. The first-order valence-electron chi connectivity index (χ1n) is 8.01. The van der Waals surface area contributed by atoms with Gasteiger partial charge in [0.05, 0.1) is 5.69 Å². The highest BCUT2D eigenvalue weighted by molar-refractivity contribution is 5.19. The minimum absolute atomic E-state index is 0.148. The van der Waals surface area contributed by atoms with E-state index in [-0.39, 0.29) is 11.8 Å². The molecule has 1 N–H and O–H groups in total. The number of hydrogen-bond donors (Lipinski definition) is 1. The summed E-state index contributed by atoms with van der Waals surface area (Å²) in [4.78, 5) is 6.85. The van der Waals surface area contributed by atoms with Gasteiger partial charge in [-0.2, -0.15) is 0 Å². The van der Waals surface area contributed by atoms with E-state index in [1.165, 1.54) is 5.56 Å². The van der Waals surface area contributed by atoms with E-state index in [0.717, 1.165) is 25.3 Å². The number of hydrogen-bond acceptors (Lipinski definition) is 3. The number of aliphatic hydroxyl groups is 1. The second kappa shape index (κ2) is 6.19. The molecular formula is C19H24N2O. The summed E-state index contributed by atoms with van der Waals surface area (Å²) in [5.74, 6) is 0.296. The van der Waals surface area contributed by atoms with Crippen LogP contribution in [0, 0.1) is 11.8 Å². The van der Waals surface area contributed by atoms with Crippen molar-refractivity contribution < 1.29 is 5.11 Å². The van der Waals surface area contributed by atoms with Crippen molar-refractivity contribution in [3.63, 3.8) is 0 Å². The molecule has 1 aliphatic heterocycles. The Balaban J connectivity index is 1.77. The van der Waals surface area contributed by atoms with Crippen LogP contribution in [0.2, 0.25) is 0 Å². The fraction of sp³-hybridized carbons (Fsp3) is 0.421. The molecular weight excluding hydrogens is 272 g/mol. The molecule has 3 nitrogen and oxygen atoms in total. The van der Waals surface area contributed by atoms with Crippen LogP contribution in [-0.4, -0.2) is 28.1 Å². The van der Waals surface area contributed by atoms with Gasteiger partial charge in [0.15, 0.2) is 0 Å². The number of pyridine rings is 1. The summed E-state index contributed by atoms with van der Waals surface area (Å²) in [6.07, 6.45) is 1.77. The van der Waals surface area contributed by atoms with Crippen molar-refractivity contribution in [3.05, 3.63) is 66.0 Å². The molecule has 1 aliphatic rings.